The topological polar surface area (TPSA) is 84.5 Å². The van der Waals surface area contributed by atoms with Gasteiger partial charge in [0.05, 0.1) is 39.4 Å². The molecule has 2 heterocycles. The Balaban J connectivity index is 1.29. The van der Waals surface area contributed by atoms with E-state index in [0.717, 1.165) is 11.1 Å². The predicted molar refractivity (Wildman–Crippen MR) is 140 cm³/mol. The van der Waals surface area contributed by atoms with Crippen molar-refractivity contribution in [2.24, 2.45) is 5.92 Å². The lowest BCUT2D eigenvalue weighted by Gasteiger charge is -2.35. The van der Waals surface area contributed by atoms with Crippen LogP contribution >= 0.6 is 0 Å². The van der Waals surface area contributed by atoms with E-state index in [1.807, 2.05) is 36.4 Å². The Morgan fingerprint density at radius 2 is 1.68 bits per heavy atom. The second-order valence-corrected chi connectivity index (χ2v) is 10.2. The number of nitrogens with one attached hydrogen (secondary N) is 1. The molecule has 1 aliphatic carbocycles. The number of hydrogen-bond acceptors (Lipinski definition) is 7. The average molecular weight is 554 g/mol. The number of halogens is 2. The molecule has 1 saturated carbocycles. The Kier molecular flexibility index (Phi) is 6.35. The highest BCUT2D eigenvalue weighted by atomic mass is 19.3. The zero-order chi connectivity index (χ0) is 28.1. The van der Waals surface area contributed by atoms with E-state index in [1.165, 1.54) is 12.1 Å². The van der Waals surface area contributed by atoms with Gasteiger partial charge in [-0.05, 0) is 66.8 Å². The summed E-state index contributed by atoms with van der Waals surface area (Å²) in [5, 5.41) is 3.28. The molecule has 0 spiro atoms. The SMILES string of the molecule is COc1ccc2c(c1)OCC(Cc1ccc(OC)c(OC)c1)C2NC(=O)C1(c2ccc3c(c2)OC(F)(F)O3)CC1. The largest absolute Gasteiger partial charge is 0.586 e. The fourth-order valence-electron chi connectivity index (χ4n) is 5.55. The number of carbonyl (C=O) groups is 1. The van der Waals surface area contributed by atoms with Crippen molar-refractivity contribution in [2.45, 2.75) is 37.0 Å². The van der Waals surface area contributed by atoms with Crippen LogP contribution in [0.1, 0.15) is 35.6 Å². The highest BCUT2D eigenvalue weighted by Crippen LogP contribution is 2.52. The summed E-state index contributed by atoms with van der Waals surface area (Å²) >= 11 is 0. The van der Waals surface area contributed by atoms with Crippen molar-refractivity contribution in [2.75, 3.05) is 27.9 Å². The van der Waals surface area contributed by atoms with E-state index in [9.17, 15) is 13.6 Å². The maximum absolute atomic E-state index is 13.9. The summed E-state index contributed by atoms with van der Waals surface area (Å²) < 4.78 is 58.7. The van der Waals surface area contributed by atoms with E-state index >= 15 is 0 Å². The lowest BCUT2D eigenvalue weighted by atomic mass is 9.84. The van der Waals surface area contributed by atoms with Crippen LogP contribution in [0.4, 0.5) is 8.78 Å². The summed E-state index contributed by atoms with van der Waals surface area (Å²) in [5.41, 5.74) is 1.62. The number of amides is 1. The molecule has 1 amide bonds. The Bertz CT molecular complexity index is 1460. The van der Waals surface area contributed by atoms with Crippen LogP contribution in [0.15, 0.2) is 54.6 Å². The van der Waals surface area contributed by atoms with Gasteiger partial charge in [0, 0.05) is 17.5 Å². The molecule has 2 atom stereocenters. The van der Waals surface area contributed by atoms with E-state index in [1.54, 1.807) is 27.4 Å². The fourth-order valence-corrected chi connectivity index (χ4v) is 5.55. The molecular formula is C30H29F2NO7. The van der Waals surface area contributed by atoms with Crippen LogP contribution in [0.5, 0.6) is 34.5 Å². The summed E-state index contributed by atoms with van der Waals surface area (Å²) in [5.74, 6) is 2.14. The van der Waals surface area contributed by atoms with E-state index in [4.69, 9.17) is 18.9 Å². The van der Waals surface area contributed by atoms with Gasteiger partial charge >= 0.3 is 6.29 Å². The molecule has 6 rings (SSSR count). The minimum Gasteiger partial charge on any atom is -0.497 e. The summed E-state index contributed by atoms with van der Waals surface area (Å²) in [6, 6.07) is 15.5. The molecule has 1 fully saturated rings. The number of ether oxygens (including phenoxy) is 6. The summed E-state index contributed by atoms with van der Waals surface area (Å²) in [7, 11) is 4.76. The minimum absolute atomic E-state index is 0.0488. The number of rotatable bonds is 8. The van der Waals surface area contributed by atoms with Gasteiger partial charge in [-0.2, -0.15) is 0 Å². The van der Waals surface area contributed by atoms with Crippen LogP contribution in [-0.4, -0.2) is 40.1 Å². The van der Waals surface area contributed by atoms with Crippen LogP contribution in [0.2, 0.25) is 0 Å². The maximum atomic E-state index is 13.9. The smallest absolute Gasteiger partial charge is 0.497 e. The van der Waals surface area contributed by atoms with Crippen molar-refractivity contribution >= 4 is 5.91 Å². The zero-order valence-electron chi connectivity index (χ0n) is 22.3. The van der Waals surface area contributed by atoms with E-state index in [2.05, 4.69) is 14.8 Å². The molecule has 2 aliphatic heterocycles. The van der Waals surface area contributed by atoms with Gasteiger partial charge in [0.2, 0.25) is 5.91 Å². The lowest BCUT2D eigenvalue weighted by molar-refractivity contribution is -0.286. The molecule has 2 unspecified atom stereocenters. The Labute approximate surface area is 230 Å². The van der Waals surface area contributed by atoms with Gasteiger partial charge in [0.25, 0.3) is 0 Å². The van der Waals surface area contributed by atoms with E-state index in [-0.39, 0.29) is 29.4 Å². The Morgan fingerprint density at radius 1 is 0.900 bits per heavy atom. The van der Waals surface area contributed by atoms with Crippen molar-refractivity contribution < 1.29 is 42.0 Å². The third kappa shape index (κ3) is 4.61. The standard InChI is InChI=1S/C30H29F2NO7/c1-35-20-6-7-21-24(15-20)38-16-18(12-17-4-8-22(36-2)25(13-17)37-3)27(21)33-28(34)29(10-11-29)19-5-9-23-26(14-19)40-30(31,32)39-23/h4-9,13-15,18,27H,10-12,16H2,1-3H3,(H,33,34). The van der Waals surface area contributed by atoms with Crippen molar-refractivity contribution in [3.63, 3.8) is 0 Å². The molecule has 0 bridgehead atoms. The lowest BCUT2D eigenvalue weighted by Crippen LogP contribution is -2.43. The Hall–Kier alpha value is -4.21. The Morgan fingerprint density at radius 3 is 2.40 bits per heavy atom. The van der Waals surface area contributed by atoms with Crippen LogP contribution < -0.4 is 33.7 Å². The molecule has 40 heavy (non-hydrogen) atoms. The third-order valence-corrected chi connectivity index (χ3v) is 7.85. The van der Waals surface area contributed by atoms with Gasteiger partial charge in [-0.1, -0.05) is 12.1 Å². The first-order chi connectivity index (χ1) is 19.2. The first kappa shape index (κ1) is 26.0. The molecule has 3 aliphatic rings. The molecule has 1 N–H and O–H groups in total. The summed E-state index contributed by atoms with van der Waals surface area (Å²) in [6.45, 7) is 0.367. The summed E-state index contributed by atoms with van der Waals surface area (Å²) in [4.78, 5) is 13.9. The normalized spacial score (nSPS) is 21.0. The molecule has 10 heteroatoms. The average Bonchev–Trinajstić information content (AvgIpc) is 3.70. The van der Waals surface area contributed by atoms with Gasteiger partial charge in [-0.3, -0.25) is 4.79 Å². The highest BCUT2D eigenvalue weighted by Gasteiger charge is 2.53. The van der Waals surface area contributed by atoms with Crippen molar-refractivity contribution in [1.29, 1.82) is 0 Å². The highest BCUT2D eigenvalue weighted by molar-refractivity contribution is 5.92. The first-order valence-electron chi connectivity index (χ1n) is 13.0. The molecular weight excluding hydrogens is 524 g/mol. The van der Waals surface area contributed by atoms with Crippen LogP contribution in [0, 0.1) is 5.92 Å². The second-order valence-electron chi connectivity index (χ2n) is 10.2. The van der Waals surface area contributed by atoms with Crippen LogP contribution in [-0.2, 0) is 16.6 Å². The summed E-state index contributed by atoms with van der Waals surface area (Å²) in [6.07, 6.45) is -1.94. The first-order valence-corrected chi connectivity index (χ1v) is 13.0. The monoisotopic (exact) mass is 553 g/mol. The zero-order valence-corrected chi connectivity index (χ0v) is 22.3. The molecule has 210 valence electrons. The third-order valence-electron chi connectivity index (χ3n) is 7.85. The van der Waals surface area contributed by atoms with Gasteiger partial charge in [-0.15, -0.1) is 8.78 Å². The molecule has 0 aromatic heterocycles. The van der Waals surface area contributed by atoms with E-state index in [0.29, 0.717) is 54.4 Å². The number of fused-ring (bicyclic) bond motifs is 2. The van der Waals surface area contributed by atoms with Gasteiger partial charge in [-0.25, -0.2) is 0 Å². The molecule has 8 nitrogen and oxygen atoms in total. The van der Waals surface area contributed by atoms with Crippen molar-refractivity contribution in [3.8, 4) is 34.5 Å². The fraction of sp³-hybridized carbons (Fsp3) is 0.367. The predicted octanol–water partition coefficient (Wildman–Crippen LogP) is 5.17. The van der Waals surface area contributed by atoms with Gasteiger partial charge in [0.1, 0.15) is 11.5 Å². The van der Waals surface area contributed by atoms with E-state index < -0.39 is 11.7 Å². The molecule has 3 aromatic rings. The van der Waals surface area contributed by atoms with Crippen LogP contribution in [0.25, 0.3) is 0 Å². The molecule has 3 aromatic carbocycles. The van der Waals surface area contributed by atoms with Crippen molar-refractivity contribution in [3.05, 3.63) is 71.3 Å². The van der Waals surface area contributed by atoms with Crippen LogP contribution in [0.3, 0.4) is 0 Å². The number of alkyl halides is 2. The van der Waals surface area contributed by atoms with Gasteiger partial charge in [0.15, 0.2) is 23.0 Å². The molecule has 0 saturated heterocycles. The minimum atomic E-state index is -3.72. The molecule has 0 radical (unpaired) electrons. The maximum Gasteiger partial charge on any atom is 0.586 e. The number of benzene rings is 3. The number of hydrogen-bond donors (Lipinski definition) is 1. The quantitative estimate of drug-likeness (QED) is 0.412. The number of methoxy groups -OCH3 is 3. The number of carbonyl (C=O) groups excluding carboxylic acids is 1. The van der Waals surface area contributed by atoms with Gasteiger partial charge < -0.3 is 33.7 Å². The second kappa shape index (κ2) is 9.76. The van der Waals surface area contributed by atoms with Crippen molar-refractivity contribution in [1.82, 2.24) is 5.32 Å².